The van der Waals surface area contributed by atoms with Crippen LogP contribution in [0.15, 0.2) is 89.1 Å². The average Bonchev–Trinajstić information content (AvgIpc) is 2.77. The maximum Gasteiger partial charge on any atom is 0.331 e. The Morgan fingerprint density at radius 2 is 1.79 bits per heavy atom. The standard InChI is InChI=1S/C29H36O4/c1-21(15-16-25-23(3)27(32-6)17-18-29(25,4)5)11-10-12-22(2)19-28(31)33-20-26(30)24-13-8-7-9-14-24/h7-16,19,27H,17-18,20H2,1-6H3. The molecule has 1 aromatic carbocycles. The Morgan fingerprint density at radius 3 is 2.45 bits per heavy atom. The number of allylic oxidation sites excluding steroid dienone is 8. The highest BCUT2D eigenvalue weighted by Crippen LogP contribution is 2.41. The van der Waals surface area contributed by atoms with E-state index in [0.717, 1.165) is 24.0 Å². The van der Waals surface area contributed by atoms with Crippen molar-refractivity contribution in [2.75, 3.05) is 13.7 Å². The number of rotatable bonds is 9. The summed E-state index contributed by atoms with van der Waals surface area (Å²) < 4.78 is 10.7. The summed E-state index contributed by atoms with van der Waals surface area (Å²) in [6.45, 7) is 10.3. The van der Waals surface area contributed by atoms with Gasteiger partial charge in [-0.15, -0.1) is 0 Å². The molecule has 0 bridgehead atoms. The molecule has 1 unspecified atom stereocenters. The normalized spacial score (nSPS) is 19.4. The molecule has 0 saturated carbocycles. The molecule has 2 rings (SSSR count). The molecule has 0 radical (unpaired) electrons. The quantitative estimate of drug-likeness (QED) is 0.186. The molecule has 176 valence electrons. The van der Waals surface area contributed by atoms with Gasteiger partial charge in [0.25, 0.3) is 0 Å². The zero-order valence-electron chi connectivity index (χ0n) is 20.7. The van der Waals surface area contributed by atoms with Crippen LogP contribution in [0.1, 0.15) is 57.8 Å². The van der Waals surface area contributed by atoms with Gasteiger partial charge in [0.15, 0.2) is 12.4 Å². The molecule has 33 heavy (non-hydrogen) atoms. The second-order valence-corrected chi connectivity index (χ2v) is 9.13. The minimum atomic E-state index is -0.531. The fourth-order valence-electron chi connectivity index (χ4n) is 3.94. The van der Waals surface area contributed by atoms with Crippen LogP contribution in [0.25, 0.3) is 0 Å². The van der Waals surface area contributed by atoms with Crippen LogP contribution >= 0.6 is 0 Å². The summed E-state index contributed by atoms with van der Waals surface area (Å²) in [5.41, 5.74) is 5.14. The minimum absolute atomic E-state index is 0.132. The van der Waals surface area contributed by atoms with Gasteiger partial charge in [-0.1, -0.05) is 80.1 Å². The van der Waals surface area contributed by atoms with E-state index < -0.39 is 5.97 Å². The van der Waals surface area contributed by atoms with E-state index in [4.69, 9.17) is 9.47 Å². The van der Waals surface area contributed by atoms with Crippen molar-refractivity contribution in [2.45, 2.75) is 53.6 Å². The molecule has 0 heterocycles. The third-order valence-electron chi connectivity index (χ3n) is 5.97. The van der Waals surface area contributed by atoms with E-state index in [1.165, 1.54) is 17.2 Å². The SMILES string of the molecule is COC1CCC(C)(C)C(C=CC(C)=CC=CC(C)=CC(=O)OCC(=O)c2ccccc2)=C1C. The highest BCUT2D eigenvalue weighted by Gasteiger charge is 2.31. The number of carbonyl (C=O) groups excluding carboxylic acids is 2. The van der Waals surface area contributed by atoms with Crippen LogP contribution in [0.4, 0.5) is 0 Å². The summed E-state index contributed by atoms with van der Waals surface area (Å²) in [5.74, 6) is -0.754. The Kier molecular flexibility index (Phi) is 9.80. The van der Waals surface area contributed by atoms with Crippen molar-refractivity contribution < 1.29 is 19.1 Å². The number of Topliss-reactive ketones (excluding diaryl/α,β-unsaturated/α-hetero) is 1. The van der Waals surface area contributed by atoms with E-state index in [1.807, 2.05) is 38.1 Å². The molecule has 4 nitrogen and oxygen atoms in total. The first-order valence-electron chi connectivity index (χ1n) is 11.3. The number of benzene rings is 1. The second-order valence-electron chi connectivity index (χ2n) is 9.13. The number of ether oxygens (including phenoxy) is 2. The van der Waals surface area contributed by atoms with Crippen molar-refractivity contribution in [3.05, 3.63) is 94.6 Å². The maximum absolute atomic E-state index is 12.0. The first-order chi connectivity index (χ1) is 15.6. The van der Waals surface area contributed by atoms with E-state index in [1.54, 1.807) is 31.4 Å². The van der Waals surface area contributed by atoms with E-state index >= 15 is 0 Å². The number of esters is 1. The topological polar surface area (TPSA) is 52.6 Å². The van der Waals surface area contributed by atoms with Crippen LogP contribution in [0.2, 0.25) is 0 Å². The Bertz CT molecular complexity index is 988. The molecule has 0 N–H and O–H groups in total. The van der Waals surface area contributed by atoms with Gasteiger partial charge < -0.3 is 9.47 Å². The first-order valence-corrected chi connectivity index (χ1v) is 11.3. The first kappa shape index (κ1) is 26.3. The van der Waals surface area contributed by atoms with Crippen LogP contribution in [-0.2, 0) is 14.3 Å². The van der Waals surface area contributed by atoms with Crippen LogP contribution in [-0.4, -0.2) is 31.6 Å². The Balaban J connectivity index is 1.93. The summed E-state index contributed by atoms with van der Waals surface area (Å²) in [4.78, 5) is 24.0. The van der Waals surface area contributed by atoms with E-state index in [0.29, 0.717) is 5.56 Å². The molecule has 0 amide bonds. The number of ketones is 1. The van der Waals surface area contributed by atoms with Gasteiger partial charge in [-0.2, -0.15) is 0 Å². The third-order valence-corrected chi connectivity index (χ3v) is 5.97. The predicted molar refractivity (Wildman–Crippen MR) is 134 cm³/mol. The molecule has 0 aliphatic heterocycles. The van der Waals surface area contributed by atoms with Crippen LogP contribution in [0.3, 0.4) is 0 Å². The molecule has 1 atom stereocenters. The molecule has 0 aromatic heterocycles. The number of hydrogen-bond acceptors (Lipinski definition) is 4. The van der Waals surface area contributed by atoms with Gasteiger partial charge in [0.05, 0.1) is 6.10 Å². The van der Waals surface area contributed by atoms with E-state index in [9.17, 15) is 9.59 Å². The average molecular weight is 449 g/mol. The lowest BCUT2D eigenvalue weighted by molar-refractivity contribution is -0.136. The molecular formula is C29H36O4. The van der Waals surface area contributed by atoms with Gasteiger partial charge >= 0.3 is 5.97 Å². The lowest BCUT2D eigenvalue weighted by Crippen LogP contribution is -2.28. The minimum Gasteiger partial charge on any atom is -0.454 e. The van der Waals surface area contributed by atoms with E-state index in [-0.39, 0.29) is 23.9 Å². The fourth-order valence-corrected chi connectivity index (χ4v) is 3.94. The number of carbonyl (C=O) groups is 2. The zero-order valence-corrected chi connectivity index (χ0v) is 20.7. The molecule has 1 aromatic rings. The zero-order chi connectivity index (χ0) is 24.4. The van der Waals surface area contributed by atoms with Gasteiger partial charge in [-0.05, 0) is 55.7 Å². The molecule has 0 saturated heterocycles. The van der Waals surface area contributed by atoms with Crippen molar-refractivity contribution in [2.24, 2.45) is 5.41 Å². The number of hydrogen-bond donors (Lipinski definition) is 0. The molecule has 1 aliphatic rings. The summed E-state index contributed by atoms with van der Waals surface area (Å²) in [5, 5.41) is 0. The Hall–Kier alpha value is -2.98. The van der Waals surface area contributed by atoms with Crippen molar-refractivity contribution in [3.8, 4) is 0 Å². The molecular weight excluding hydrogens is 412 g/mol. The molecule has 0 fully saturated rings. The van der Waals surface area contributed by atoms with Crippen molar-refractivity contribution in [1.29, 1.82) is 0 Å². The maximum atomic E-state index is 12.0. The van der Waals surface area contributed by atoms with Crippen LogP contribution < -0.4 is 0 Å². The van der Waals surface area contributed by atoms with Crippen molar-refractivity contribution in [1.82, 2.24) is 0 Å². The highest BCUT2D eigenvalue weighted by atomic mass is 16.5. The summed E-state index contributed by atoms with van der Waals surface area (Å²) in [6.07, 6.45) is 13.8. The van der Waals surface area contributed by atoms with Crippen LogP contribution in [0.5, 0.6) is 0 Å². The van der Waals surface area contributed by atoms with Gasteiger partial charge in [0.1, 0.15) is 0 Å². The molecule has 4 heteroatoms. The monoisotopic (exact) mass is 448 g/mol. The van der Waals surface area contributed by atoms with Gasteiger partial charge in [-0.3, -0.25) is 4.79 Å². The smallest absolute Gasteiger partial charge is 0.331 e. The molecule has 1 aliphatic carbocycles. The predicted octanol–water partition coefficient (Wildman–Crippen LogP) is 6.57. The largest absolute Gasteiger partial charge is 0.454 e. The van der Waals surface area contributed by atoms with Crippen LogP contribution in [0, 0.1) is 5.41 Å². The van der Waals surface area contributed by atoms with Gasteiger partial charge in [-0.25, -0.2) is 4.79 Å². The molecule has 0 spiro atoms. The van der Waals surface area contributed by atoms with Crippen molar-refractivity contribution >= 4 is 11.8 Å². The van der Waals surface area contributed by atoms with Gasteiger partial charge in [0.2, 0.25) is 0 Å². The second kappa shape index (κ2) is 12.3. The summed E-state index contributed by atoms with van der Waals surface area (Å²) >= 11 is 0. The number of methoxy groups -OCH3 is 1. The van der Waals surface area contributed by atoms with E-state index in [2.05, 4.69) is 32.9 Å². The van der Waals surface area contributed by atoms with Gasteiger partial charge in [0, 0.05) is 18.7 Å². The third kappa shape index (κ3) is 8.14. The van der Waals surface area contributed by atoms with Crippen molar-refractivity contribution in [3.63, 3.8) is 0 Å². The Labute approximate surface area is 198 Å². The fraction of sp³-hybridized carbons (Fsp3) is 0.379. The Morgan fingerprint density at radius 1 is 1.09 bits per heavy atom. The lowest BCUT2D eigenvalue weighted by atomic mass is 9.71. The summed E-state index contributed by atoms with van der Waals surface area (Å²) in [6, 6.07) is 8.79. The highest BCUT2D eigenvalue weighted by molar-refractivity contribution is 5.98. The lowest BCUT2D eigenvalue weighted by Gasteiger charge is -2.36. The summed E-state index contributed by atoms with van der Waals surface area (Å²) in [7, 11) is 1.77.